The minimum absolute atomic E-state index is 0.238. The number of carbonyl (C=O) groups is 1. The molecule has 0 bridgehead atoms. The molecule has 0 radical (unpaired) electrons. The molecule has 3 rings (SSSR count). The maximum atomic E-state index is 12.3. The van der Waals surface area contributed by atoms with Crippen LogP contribution in [0.15, 0.2) is 28.2 Å². The quantitative estimate of drug-likeness (QED) is 0.871. The summed E-state index contributed by atoms with van der Waals surface area (Å²) in [6.07, 6.45) is 5.72. The van der Waals surface area contributed by atoms with Crippen molar-refractivity contribution in [2.45, 2.75) is 39.2 Å². The zero-order valence-electron chi connectivity index (χ0n) is 13.8. The third-order valence-corrected chi connectivity index (χ3v) is 4.28. The lowest BCUT2D eigenvalue weighted by Gasteiger charge is -2.15. The van der Waals surface area contributed by atoms with Crippen molar-refractivity contribution >= 4 is 28.5 Å². The van der Waals surface area contributed by atoms with Gasteiger partial charge in [-0.25, -0.2) is 9.78 Å². The Kier molecular flexibility index (Phi) is 4.33. The fourth-order valence-corrected chi connectivity index (χ4v) is 2.98. The lowest BCUT2D eigenvalue weighted by Crippen LogP contribution is -2.20. The minimum Gasteiger partial charge on any atom is -0.477 e. The Morgan fingerprint density at radius 3 is 2.71 bits per heavy atom. The molecule has 0 aromatic carbocycles. The number of hydrogen-bond acceptors (Lipinski definition) is 5. The molecule has 7 heteroatoms. The average molecular weight is 328 g/mol. The maximum Gasteiger partial charge on any atom is 0.341 e. The molecule has 126 valence electrons. The number of pyridine rings is 2. The van der Waals surface area contributed by atoms with E-state index in [-0.39, 0.29) is 5.56 Å². The molecule has 0 aliphatic heterocycles. The Morgan fingerprint density at radius 1 is 1.38 bits per heavy atom. The highest BCUT2D eigenvalue weighted by molar-refractivity contribution is 5.92. The van der Waals surface area contributed by atoms with Crippen molar-refractivity contribution in [1.82, 2.24) is 9.55 Å². The van der Waals surface area contributed by atoms with Crippen molar-refractivity contribution in [2.75, 3.05) is 12.1 Å². The second kappa shape index (κ2) is 6.43. The van der Waals surface area contributed by atoms with Gasteiger partial charge in [-0.05, 0) is 44.7 Å². The summed E-state index contributed by atoms with van der Waals surface area (Å²) in [6, 6.07) is 3.33. The third-order valence-electron chi connectivity index (χ3n) is 4.28. The van der Waals surface area contributed by atoms with Crippen molar-refractivity contribution < 1.29 is 9.90 Å². The Hall–Kier alpha value is -2.70. The molecule has 2 aromatic rings. The van der Waals surface area contributed by atoms with Gasteiger partial charge in [0, 0.05) is 25.5 Å². The fraction of sp³-hybridized carbons (Fsp3) is 0.412. The van der Waals surface area contributed by atoms with Crippen LogP contribution in [0.1, 0.15) is 43.0 Å². The first kappa shape index (κ1) is 16.2. The molecule has 0 amide bonds. The Balaban J connectivity index is 2.10. The van der Waals surface area contributed by atoms with E-state index in [2.05, 4.69) is 10.1 Å². The molecule has 1 saturated carbocycles. The SMILES string of the molecule is CCn1cc(C(=O)O)c(=O)c2ccc(N(C)N=C3CCCC3)nc21. The molecule has 2 aromatic heterocycles. The van der Waals surface area contributed by atoms with Crippen LogP contribution < -0.4 is 10.4 Å². The smallest absolute Gasteiger partial charge is 0.341 e. The molecule has 1 N–H and O–H groups in total. The number of nitrogens with zero attached hydrogens (tertiary/aromatic N) is 4. The third kappa shape index (κ3) is 2.89. The van der Waals surface area contributed by atoms with E-state index in [9.17, 15) is 14.7 Å². The summed E-state index contributed by atoms with van der Waals surface area (Å²) in [5, 5.41) is 15.8. The van der Waals surface area contributed by atoms with Crippen molar-refractivity contribution in [2.24, 2.45) is 5.10 Å². The van der Waals surface area contributed by atoms with E-state index < -0.39 is 11.4 Å². The van der Waals surface area contributed by atoms with Gasteiger partial charge in [0.1, 0.15) is 11.2 Å². The molecule has 1 aliphatic rings. The van der Waals surface area contributed by atoms with Crippen LogP contribution in [0.5, 0.6) is 0 Å². The second-order valence-corrected chi connectivity index (χ2v) is 5.90. The number of carboxylic acid groups (broad SMARTS) is 1. The normalized spacial score (nSPS) is 14.2. The Morgan fingerprint density at radius 2 is 2.08 bits per heavy atom. The van der Waals surface area contributed by atoms with Gasteiger partial charge in [-0.2, -0.15) is 5.10 Å². The summed E-state index contributed by atoms with van der Waals surface area (Å²) in [6.45, 7) is 2.40. The number of rotatable bonds is 4. The number of hydrogen-bond donors (Lipinski definition) is 1. The first-order valence-electron chi connectivity index (χ1n) is 8.09. The number of aromatic carboxylic acids is 1. The molecule has 2 heterocycles. The van der Waals surface area contributed by atoms with Crippen LogP contribution in [0, 0.1) is 0 Å². The van der Waals surface area contributed by atoms with E-state index in [4.69, 9.17) is 0 Å². The van der Waals surface area contributed by atoms with E-state index in [0.29, 0.717) is 23.4 Å². The first-order chi connectivity index (χ1) is 11.5. The lowest BCUT2D eigenvalue weighted by atomic mass is 10.2. The van der Waals surface area contributed by atoms with E-state index in [1.165, 1.54) is 19.0 Å². The van der Waals surface area contributed by atoms with Crippen LogP contribution in [0.4, 0.5) is 5.82 Å². The molecule has 7 nitrogen and oxygen atoms in total. The zero-order chi connectivity index (χ0) is 17.3. The van der Waals surface area contributed by atoms with Gasteiger partial charge in [0.05, 0.1) is 5.39 Å². The topological polar surface area (TPSA) is 87.8 Å². The van der Waals surface area contributed by atoms with Crippen molar-refractivity contribution in [1.29, 1.82) is 0 Å². The predicted octanol–water partition coefficient (Wildman–Crippen LogP) is 2.48. The van der Waals surface area contributed by atoms with Crippen molar-refractivity contribution in [3.63, 3.8) is 0 Å². The Labute approximate surface area is 139 Å². The van der Waals surface area contributed by atoms with E-state index in [0.717, 1.165) is 18.6 Å². The number of fused-ring (bicyclic) bond motifs is 1. The largest absolute Gasteiger partial charge is 0.477 e. The summed E-state index contributed by atoms with van der Waals surface area (Å²) < 4.78 is 1.68. The number of aromatic nitrogens is 2. The average Bonchev–Trinajstić information content (AvgIpc) is 3.07. The molecular formula is C17H20N4O3. The summed E-state index contributed by atoms with van der Waals surface area (Å²) in [7, 11) is 1.83. The number of aryl methyl sites for hydroxylation is 1. The van der Waals surface area contributed by atoms with Crippen LogP contribution in [0.2, 0.25) is 0 Å². The highest BCUT2D eigenvalue weighted by Crippen LogP contribution is 2.19. The van der Waals surface area contributed by atoms with Gasteiger partial charge in [-0.3, -0.25) is 9.80 Å². The van der Waals surface area contributed by atoms with Gasteiger partial charge in [0.25, 0.3) is 0 Å². The number of anilines is 1. The van der Waals surface area contributed by atoms with Crippen molar-refractivity contribution in [3.05, 3.63) is 34.1 Å². The van der Waals surface area contributed by atoms with Gasteiger partial charge in [-0.1, -0.05) is 0 Å². The summed E-state index contributed by atoms with van der Waals surface area (Å²) in [4.78, 5) is 28.1. The summed E-state index contributed by atoms with van der Waals surface area (Å²) in [5.74, 6) is -0.593. The second-order valence-electron chi connectivity index (χ2n) is 5.90. The van der Waals surface area contributed by atoms with Gasteiger partial charge >= 0.3 is 5.97 Å². The fourth-order valence-electron chi connectivity index (χ4n) is 2.98. The van der Waals surface area contributed by atoms with E-state index >= 15 is 0 Å². The van der Waals surface area contributed by atoms with Crippen LogP contribution in [-0.4, -0.2) is 33.4 Å². The minimum atomic E-state index is -1.22. The molecule has 0 unspecified atom stereocenters. The zero-order valence-corrected chi connectivity index (χ0v) is 13.8. The van der Waals surface area contributed by atoms with Gasteiger partial charge in [0.2, 0.25) is 5.43 Å². The van der Waals surface area contributed by atoms with Crippen LogP contribution in [0.25, 0.3) is 11.0 Å². The molecule has 1 aliphatic carbocycles. The maximum absolute atomic E-state index is 12.3. The van der Waals surface area contributed by atoms with Crippen LogP contribution in [0.3, 0.4) is 0 Å². The van der Waals surface area contributed by atoms with E-state index in [1.54, 1.807) is 21.7 Å². The van der Waals surface area contributed by atoms with E-state index in [1.807, 2.05) is 14.0 Å². The van der Waals surface area contributed by atoms with Gasteiger partial charge in [-0.15, -0.1) is 0 Å². The molecule has 0 spiro atoms. The highest BCUT2D eigenvalue weighted by Gasteiger charge is 2.16. The summed E-state index contributed by atoms with van der Waals surface area (Å²) >= 11 is 0. The Bertz CT molecular complexity index is 877. The number of carboxylic acids is 1. The monoisotopic (exact) mass is 328 g/mol. The van der Waals surface area contributed by atoms with Gasteiger partial charge in [0.15, 0.2) is 5.82 Å². The first-order valence-corrected chi connectivity index (χ1v) is 8.09. The molecule has 0 saturated heterocycles. The van der Waals surface area contributed by atoms with Crippen LogP contribution >= 0.6 is 0 Å². The molecule has 1 fully saturated rings. The van der Waals surface area contributed by atoms with Crippen LogP contribution in [-0.2, 0) is 6.54 Å². The van der Waals surface area contributed by atoms with Gasteiger partial charge < -0.3 is 9.67 Å². The number of hydrazone groups is 1. The summed E-state index contributed by atoms with van der Waals surface area (Å²) in [5.41, 5.74) is 0.890. The molecule has 24 heavy (non-hydrogen) atoms. The predicted molar refractivity (Wildman–Crippen MR) is 92.9 cm³/mol. The highest BCUT2D eigenvalue weighted by atomic mass is 16.4. The van der Waals surface area contributed by atoms with Crippen molar-refractivity contribution in [3.8, 4) is 0 Å². The molecular weight excluding hydrogens is 308 g/mol. The molecule has 0 atom stereocenters. The lowest BCUT2D eigenvalue weighted by molar-refractivity contribution is 0.0695. The standard InChI is InChI=1S/C17H20N4O3/c1-3-21-10-13(17(23)24)15(22)12-8-9-14(18-16(12)21)20(2)19-11-6-4-5-7-11/h8-10H,3-7H2,1-2H3,(H,23,24).